The number of rotatable bonds is 5. The third-order valence-electron chi connectivity index (χ3n) is 3.01. The summed E-state index contributed by atoms with van der Waals surface area (Å²) in [6.45, 7) is 7.00. The van der Waals surface area contributed by atoms with Gasteiger partial charge in [0, 0.05) is 13.5 Å². The lowest BCUT2D eigenvalue weighted by atomic mass is 10.0. The summed E-state index contributed by atoms with van der Waals surface area (Å²) in [6.07, 6.45) is 0. The molecular weight excluding hydrogens is 259 g/mol. The molecule has 0 bridgehead atoms. The molecule has 0 aliphatic heterocycles. The summed E-state index contributed by atoms with van der Waals surface area (Å²) in [4.78, 5) is 23.1. The van der Waals surface area contributed by atoms with Gasteiger partial charge in [0.15, 0.2) is 0 Å². The van der Waals surface area contributed by atoms with E-state index in [1.54, 1.807) is 19.1 Å². The Morgan fingerprint density at radius 1 is 1.30 bits per heavy atom. The fourth-order valence-electron chi connectivity index (χ4n) is 1.80. The van der Waals surface area contributed by atoms with E-state index in [1.165, 1.54) is 13.0 Å². The normalized spacial score (nSPS) is 12.1. The topological polar surface area (TPSA) is 58.2 Å². The summed E-state index contributed by atoms with van der Waals surface area (Å²) in [6, 6.07) is 4.26. The summed E-state index contributed by atoms with van der Waals surface area (Å²) < 4.78 is 13.4. The van der Waals surface area contributed by atoms with Crippen molar-refractivity contribution in [3.63, 3.8) is 0 Å². The maximum Gasteiger partial charge on any atom is 0.243 e. The number of carbonyl (C=O) groups excluding carboxylic acids is 2. The van der Waals surface area contributed by atoms with Gasteiger partial charge in [-0.15, -0.1) is 0 Å². The summed E-state index contributed by atoms with van der Waals surface area (Å²) in [5.41, 5.74) is 1.25. The van der Waals surface area contributed by atoms with Gasteiger partial charge in [0.1, 0.15) is 11.9 Å². The van der Waals surface area contributed by atoms with Gasteiger partial charge >= 0.3 is 0 Å². The molecule has 0 fully saturated rings. The quantitative estimate of drug-likeness (QED) is 0.865. The molecular formula is C15H21FN2O2. The van der Waals surface area contributed by atoms with E-state index in [9.17, 15) is 14.0 Å². The van der Waals surface area contributed by atoms with Crippen LogP contribution in [0, 0.1) is 18.7 Å². The molecule has 1 rings (SSSR count). The van der Waals surface area contributed by atoms with Crippen LogP contribution in [0.1, 0.15) is 31.9 Å². The number of carbonyl (C=O) groups is 2. The molecule has 110 valence electrons. The van der Waals surface area contributed by atoms with E-state index in [0.717, 1.165) is 0 Å². The number of amides is 2. The molecule has 5 heteroatoms. The Morgan fingerprint density at radius 2 is 1.95 bits per heavy atom. The van der Waals surface area contributed by atoms with Crippen LogP contribution in [0.25, 0.3) is 0 Å². The standard InChI is InChI=1S/C15H21FN2O2/c1-9(2)14(18-11(4)19)15(20)17-8-12-6-5-10(3)13(16)7-12/h5-7,9,14H,8H2,1-4H3,(H,17,20)(H,18,19). The molecule has 1 aromatic carbocycles. The third kappa shape index (κ3) is 4.64. The maximum absolute atomic E-state index is 13.4. The molecule has 1 atom stereocenters. The van der Waals surface area contributed by atoms with Crippen molar-refractivity contribution in [2.24, 2.45) is 5.92 Å². The van der Waals surface area contributed by atoms with Crippen molar-refractivity contribution in [1.82, 2.24) is 10.6 Å². The minimum absolute atomic E-state index is 0.0198. The van der Waals surface area contributed by atoms with Gasteiger partial charge in [0.25, 0.3) is 0 Å². The highest BCUT2D eigenvalue weighted by Gasteiger charge is 2.22. The van der Waals surface area contributed by atoms with Crippen LogP contribution < -0.4 is 10.6 Å². The Balaban J connectivity index is 2.64. The molecule has 20 heavy (non-hydrogen) atoms. The summed E-state index contributed by atoms with van der Waals surface area (Å²) in [5, 5.41) is 5.32. The van der Waals surface area contributed by atoms with E-state index in [2.05, 4.69) is 10.6 Å². The molecule has 0 aromatic heterocycles. The molecule has 0 saturated carbocycles. The maximum atomic E-state index is 13.4. The van der Waals surface area contributed by atoms with Crippen molar-refractivity contribution in [1.29, 1.82) is 0 Å². The minimum Gasteiger partial charge on any atom is -0.350 e. The average Bonchev–Trinajstić information content (AvgIpc) is 2.36. The highest BCUT2D eigenvalue weighted by molar-refractivity contribution is 5.86. The number of hydrogen-bond acceptors (Lipinski definition) is 2. The van der Waals surface area contributed by atoms with E-state index in [-0.39, 0.29) is 30.1 Å². The predicted octanol–water partition coefficient (Wildman–Crippen LogP) is 1.91. The zero-order chi connectivity index (χ0) is 15.3. The average molecular weight is 280 g/mol. The first kappa shape index (κ1) is 16.1. The highest BCUT2D eigenvalue weighted by Crippen LogP contribution is 2.09. The van der Waals surface area contributed by atoms with Crippen molar-refractivity contribution < 1.29 is 14.0 Å². The van der Waals surface area contributed by atoms with Crippen molar-refractivity contribution in [2.75, 3.05) is 0 Å². The minimum atomic E-state index is -0.581. The van der Waals surface area contributed by atoms with Crippen LogP contribution in [0.2, 0.25) is 0 Å². The Kier molecular flexibility index (Phi) is 5.67. The van der Waals surface area contributed by atoms with Crippen LogP contribution in [0.3, 0.4) is 0 Å². The Hall–Kier alpha value is -1.91. The van der Waals surface area contributed by atoms with E-state index in [4.69, 9.17) is 0 Å². The third-order valence-corrected chi connectivity index (χ3v) is 3.01. The Morgan fingerprint density at radius 3 is 2.45 bits per heavy atom. The van der Waals surface area contributed by atoms with Crippen molar-refractivity contribution in [3.05, 3.63) is 35.1 Å². The van der Waals surface area contributed by atoms with E-state index < -0.39 is 6.04 Å². The molecule has 0 heterocycles. The van der Waals surface area contributed by atoms with Gasteiger partial charge in [-0.2, -0.15) is 0 Å². The number of hydrogen-bond donors (Lipinski definition) is 2. The monoisotopic (exact) mass is 280 g/mol. The van der Waals surface area contributed by atoms with Gasteiger partial charge in [-0.05, 0) is 30.0 Å². The molecule has 0 aliphatic rings. The number of aryl methyl sites for hydroxylation is 1. The van der Waals surface area contributed by atoms with Gasteiger partial charge < -0.3 is 10.6 Å². The van der Waals surface area contributed by atoms with E-state index in [0.29, 0.717) is 11.1 Å². The van der Waals surface area contributed by atoms with Crippen molar-refractivity contribution in [3.8, 4) is 0 Å². The number of benzene rings is 1. The first-order valence-electron chi connectivity index (χ1n) is 6.61. The zero-order valence-corrected chi connectivity index (χ0v) is 12.3. The molecule has 0 spiro atoms. The highest BCUT2D eigenvalue weighted by atomic mass is 19.1. The molecule has 2 N–H and O–H groups in total. The lowest BCUT2D eigenvalue weighted by Crippen LogP contribution is -2.48. The molecule has 0 radical (unpaired) electrons. The van der Waals surface area contributed by atoms with Crippen LogP contribution in [-0.2, 0) is 16.1 Å². The van der Waals surface area contributed by atoms with Crippen molar-refractivity contribution in [2.45, 2.75) is 40.3 Å². The van der Waals surface area contributed by atoms with Gasteiger partial charge in [0.05, 0.1) is 0 Å². The molecule has 1 aromatic rings. The molecule has 1 unspecified atom stereocenters. The van der Waals surface area contributed by atoms with Gasteiger partial charge in [-0.1, -0.05) is 26.0 Å². The smallest absolute Gasteiger partial charge is 0.243 e. The SMILES string of the molecule is CC(=O)NC(C(=O)NCc1ccc(C)c(F)c1)C(C)C. The van der Waals surface area contributed by atoms with Crippen LogP contribution in [-0.4, -0.2) is 17.9 Å². The first-order chi connectivity index (χ1) is 9.31. The molecule has 0 saturated heterocycles. The molecule has 4 nitrogen and oxygen atoms in total. The Labute approximate surface area is 118 Å². The summed E-state index contributed by atoms with van der Waals surface area (Å²) in [5.74, 6) is -0.830. The van der Waals surface area contributed by atoms with Crippen molar-refractivity contribution >= 4 is 11.8 Å². The Bertz CT molecular complexity index is 501. The second-order valence-electron chi connectivity index (χ2n) is 5.22. The lowest BCUT2D eigenvalue weighted by molar-refractivity contribution is -0.129. The second-order valence-corrected chi connectivity index (χ2v) is 5.22. The van der Waals surface area contributed by atoms with Crippen LogP contribution >= 0.6 is 0 Å². The number of nitrogens with one attached hydrogen (secondary N) is 2. The first-order valence-corrected chi connectivity index (χ1v) is 6.61. The second kappa shape index (κ2) is 7.03. The zero-order valence-electron chi connectivity index (χ0n) is 12.3. The van der Waals surface area contributed by atoms with E-state index in [1.807, 2.05) is 13.8 Å². The summed E-state index contributed by atoms with van der Waals surface area (Å²) in [7, 11) is 0. The van der Waals surface area contributed by atoms with Gasteiger partial charge in [0.2, 0.25) is 11.8 Å². The lowest BCUT2D eigenvalue weighted by Gasteiger charge is -2.21. The predicted molar refractivity (Wildman–Crippen MR) is 75.4 cm³/mol. The summed E-state index contributed by atoms with van der Waals surface area (Å²) >= 11 is 0. The van der Waals surface area contributed by atoms with Crippen LogP contribution in [0.15, 0.2) is 18.2 Å². The van der Waals surface area contributed by atoms with Gasteiger partial charge in [-0.3, -0.25) is 9.59 Å². The van der Waals surface area contributed by atoms with Crippen LogP contribution in [0.5, 0.6) is 0 Å². The number of halogens is 1. The van der Waals surface area contributed by atoms with Gasteiger partial charge in [-0.25, -0.2) is 4.39 Å². The van der Waals surface area contributed by atoms with E-state index >= 15 is 0 Å². The fourth-order valence-corrected chi connectivity index (χ4v) is 1.80. The van der Waals surface area contributed by atoms with Crippen LogP contribution in [0.4, 0.5) is 4.39 Å². The fraction of sp³-hybridized carbons (Fsp3) is 0.467. The molecule has 0 aliphatic carbocycles. The molecule has 2 amide bonds. The largest absolute Gasteiger partial charge is 0.350 e.